The van der Waals surface area contributed by atoms with Crippen LogP contribution in [0.2, 0.25) is 5.02 Å². The molecule has 2 bridgehead atoms. The van der Waals surface area contributed by atoms with E-state index in [0.717, 1.165) is 48.9 Å². The number of nitrogens with zero attached hydrogens (tertiary/aromatic N) is 4. The Morgan fingerprint density at radius 1 is 1.03 bits per heavy atom. The Balaban J connectivity index is 0.00000210. The van der Waals surface area contributed by atoms with Gasteiger partial charge in [0.1, 0.15) is 0 Å². The maximum Gasteiger partial charge on any atom is 0.254 e. The van der Waals surface area contributed by atoms with E-state index >= 15 is 0 Å². The minimum Gasteiger partial charge on any atom is -0.355 e. The predicted octanol–water partition coefficient (Wildman–Crippen LogP) is 4.05. The smallest absolute Gasteiger partial charge is 0.254 e. The van der Waals surface area contributed by atoms with Crippen LogP contribution in [0.25, 0.3) is 10.9 Å². The van der Waals surface area contributed by atoms with Gasteiger partial charge < -0.3 is 15.5 Å². The Bertz CT molecular complexity index is 1250. The largest absolute Gasteiger partial charge is 0.355 e. The van der Waals surface area contributed by atoms with Crippen molar-refractivity contribution in [2.45, 2.75) is 44.3 Å². The van der Waals surface area contributed by atoms with Crippen LogP contribution >= 0.6 is 36.4 Å². The van der Waals surface area contributed by atoms with Gasteiger partial charge in [-0.05, 0) is 56.5 Å². The maximum absolute atomic E-state index is 13.5. The van der Waals surface area contributed by atoms with Gasteiger partial charge in [-0.25, -0.2) is 0 Å². The quantitative estimate of drug-likeness (QED) is 0.478. The summed E-state index contributed by atoms with van der Waals surface area (Å²) in [5, 5.41) is 12.9. The van der Waals surface area contributed by atoms with Crippen molar-refractivity contribution < 1.29 is 9.59 Å². The highest BCUT2D eigenvalue weighted by molar-refractivity contribution is 6.35. The number of benzene rings is 2. The summed E-state index contributed by atoms with van der Waals surface area (Å²) in [6.45, 7) is 4.33. The van der Waals surface area contributed by atoms with Crippen LogP contribution in [0.1, 0.15) is 41.7 Å². The van der Waals surface area contributed by atoms with Crippen molar-refractivity contribution in [1.29, 1.82) is 0 Å². The van der Waals surface area contributed by atoms with E-state index in [1.54, 1.807) is 0 Å². The third-order valence-corrected chi connectivity index (χ3v) is 7.81. The number of halogens is 3. The molecule has 0 radical (unpaired) electrons. The lowest BCUT2D eigenvalue weighted by atomic mass is 10.1. The lowest BCUT2D eigenvalue weighted by Gasteiger charge is -2.30. The molecule has 3 heterocycles. The summed E-state index contributed by atoms with van der Waals surface area (Å²) in [7, 11) is 1.95. The number of aromatic nitrogens is 2. The summed E-state index contributed by atoms with van der Waals surface area (Å²) in [5.74, 6) is 0.0488. The van der Waals surface area contributed by atoms with Gasteiger partial charge in [0.25, 0.3) is 5.91 Å². The van der Waals surface area contributed by atoms with Crippen LogP contribution in [-0.4, -0.2) is 76.2 Å². The highest BCUT2D eigenvalue weighted by Gasteiger charge is 2.35. The molecule has 2 fully saturated rings. The van der Waals surface area contributed by atoms with Crippen LogP contribution in [0.3, 0.4) is 0 Å². The average molecular weight is 596 g/mol. The Labute approximate surface area is 247 Å². The van der Waals surface area contributed by atoms with Gasteiger partial charge in [-0.15, -0.1) is 24.8 Å². The molecular weight excluding hydrogens is 559 g/mol. The van der Waals surface area contributed by atoms with Gasteiger partial charge in [0.2, 0.25) is 5.91 Å². The Morgan fingerprint density at radius 2 is 1.79 bits per heavy atom. The average Bonchev–Trinajstić information content (AvgIpc) is 3.51. The Kier molecular flexibility index (Phi) is 11.4. The second-order valence-electron chi connectivity index (χ2n) is 10.0. The Morgan fingerprint density at radius 3 is 2.59 bits per heavy atom. The van der Waals surface area contributed by atoms with Gasteiger partial charge in [0, 0.05) is 56.8 Å². The third-order valence-electron chi connectivity index (χ3n) is 7.49. The summed E-state index contributed by atoms with van der Waals surface area (Å²) in [6, 6.07) is 15.1. The van der Waals surface area contributed by atoms with Gasteiger partial charge in [-0.3, -0.25) is 19.2 Å². The molecule has 2 atom stereocenters. The van der Waals surface area contributed by atoms with Crippen molar-refractivity contribution in [3.05, 3.63) is 64.8 Å². The minimum absolute atomic E-state index is 0. The van der Waals surface area contributed by atoms with E-state index in [2.05, 4.69) is 15.5 Å². The van der Waals surface area contributed by atoms with E-state index < -0.39 is 0 Å². The fourth-order valence-electron chi connectivity index (χ4n) is 5.56. The first kappa shape index (κ1) is 31.2. The summed E-state index contributed by atoms with van der Waals surface area (Å²) < 4.78 is 1.89. The van der Waals surface area contributed by atoms with E-state index in [1.165, 1.54) is 0 Å². The maximum atomic E-state index is 13.5. The van der Waals surface area contributed by atoms with Crippen LogP contribution in [0, 0.1) is 0 Å². The van der Waals surface area contributed by atoms with Crippen molar-refractivity contribution in [3.63, 3.8) is 0 Å². The van der Waals surface area contributed by atoms with Crippen molar-refractivity contribution >= 4 is 59.1 Å². The molecule has 0 unspecified atom stereocenters. The molecule has 8 nitrogen and oxygen atoms in total. The fourth-order valence-corrected chi connectivity index (χ4v) is 5.83. The predicted molar refractivity (Wildman–Crippen MR) is 160 cm³/mol. The van der Waals surface area contributed by atoms with Gasteiger partial charge in [-0.2, -0.15) is 5.10 Å². The van der Waals surface area contributed by atoms with Crippen molar-refractivity contribution in [1.82, 2.24) is 30.2 Å². The number of amides is 2. The Hall–Kier alpha value is -2.36. The minimum atomic E-state index is -0.252. The molecule has 2 aliphatic rings. The molecule has 0 saturated carbocycles. The number of hydrogen-bond donors (Lipinski definition) is 2. The molecule has 11 heteroatoms. The highest BCUT2D eigenvalue weighted by atomic mass is 35.5. The van der Waals surface area contributed by atoms with Crippen molar-refractivity contribution in [3.8, 4) is 0 Å². The van der Waals surface area contributed by atoms with Crippen LogP contribution in [0.5, 0.6) is 0 Å². The highest BCUT2D eigenvalue weighted by Crippen LogP contribution is 2.27. The number of carbonyl (C=O) groups is 2. The number of rotatable bonds is 3. The number of carbonyl (C=O) groups excluding carboxylic acids is 2. The lowest BCUT2D eigenvalue weighted by Crippen LogP contribution is -2.43. The first-order valence-electron chi connectivity index (χ1n) is 13.2. The summed E-state index contributed by atoms with van der Waals surface area (Å²) in [5.41, 5.74) is 2.68. The summed E-state index contributed by atoms with van der Waals surface area (Å²) in [4.78, 5) is 30.6. The molecule has 2 amide bonds. The van der Waals surface area contributed by atoms with E-state index in [9.17, 15) is 9.59 Å². The SMILES string of the molecule is Cl.Cl.Cn1nc(CN2CCCCNC(=O)[C@@H]3C[C@@H](CN3)N(C(=O)c3ccccc3)CCC2)c2c(Cl)cccc21. The van der Waals surface area contributed by atoms with E-state index in [4.69, 9.17) is 16.7 Å². The second kappa shape index (κ2) is 14.3. The molecule has 2 aromatic carbocycles. The third kappa shape index (κ3) is 7.24. The fraction of sp³-hybridized carbons (Fsp3) is 0.464. The zero-order valence-electron chi connectivity index (χ0n) is 22.1. The molecule has 0 spiro atoms. The van der Waals surface area contributed by atoms with Crippen LogP contribution in [0.4, 0.5) is 0 Å². The normalized spacial score (nSPS) is 21.0. The molecular formula is C28H37Cl3N6O2. The molecule has 39 heavy (non-hydrogen) atoms. The van der Waals surface area contributed by atoms with E-state index in [-0.39, 0.29) is 48.7 Å². The van der Waals surface area contributed by atoms with Crippen molar-refractivity contribution in [2.75, 3.05) is 32.7 Å². The molecule has 1 aromatic heterocycles. The summed E-state index contributed by atoms with van der Waals surface area (Å²) in [6.07, 6.45) is 3.35. The molecule has 2 aliphatic heterocycles. The molecule has 2 saturated heterocycles. The molecule has 5 rings (SSSR count). The number of nitrogens with one attached hydrogen (secondary N) is 2. The number of fused-ring (bicyclic) bond motifs is 3. The number of hydrogen-bond acceptors (Lipinski definition) is 5. The molecule has 3 aromatic rings. The van der Waals surface area contributed by atoms with Crippen molar-refractivity contribution in [2.24, 2.45) is 7.05 Å². The van der Waals surface area contributed by atoms with Crippen LogP contribution < -0.4 is 10.6 Å². The van der Waals surface area contributed by atoms with Gasteiger partial charge in [-0.1, -0.05) is 35.9 Å². The first-order valence-corrected chi connectivity index (χ1v) is 13.6. The standard InChI is InChI=1S/C28H35ClN6O2.2ClH/c1-33-25-12-7-11-22(29)26(25)24(32-33)19-34-14-6-5-13-30-27(36)23-17-21(18-31-23)35(16-8-15-34)28(37)20-9-3-2-4-10-20;;/h2-4,7,9-12,21,23,31H,5-6,8,13-19H2,1H3,(H,30,36);2*1H/t21-,23-;;/m0../s1. The number of aryl methyl sites for hydroxylation is 1. The topological polar surface area (TPSA) is 82.5 Å². The first-order chi connectivity index (χ1) is 18.0. The zero-order valence-corrected chi connectivity index (χ0v) is 24.5. The van der Waals surface area contributed by atoms with Crippen LogP contribution in [0.15, 0.2) is 48.5 Å². The molecule has 212 valence electrons. The van der Waals surface area contributed by atoms with E-state index in [0.29, 0.717) is 43.2 Å². The summed E-state index contributed by atoms with van der Waals surface area (Å²) >= 11 is 6.57. The lowest BCUT2D eigenvalue weighted by molar-refractivity contribution is -0.122. The van der Waals surface area contributed by atoms with E-state index in [1.807, 2.05) is 65.2 Å². The van der Waals surface area contributed by atoms with Gasteiger partial charge in [0.15, 0.2) is 0 Å². The molecule has 2 N–H and O–H groups in total. The van der Waals surface area contributed by atoms with Crippen LogP contribution in [-0.2, 0) is 18.4 Å². The molecule has 0 aliphatic carbocycles. The van der Waals surface area contributed by atoms with Gasteiger partial charge in [0.05, 0.1) is 22.3 Å². The van der Waals surface area contributed by atoms with Gasteiger partial charge >= 0.3 is 0 Å². The monoisotopic (exact) mass is 594 g/mol. The second-order valence-corrected chi connectivity index (χ2v) is 10.5. The zero-order chi connectivity index (χ0) is 25.8.